The van der Waals surface area contributed by atoms with Crippen LogP contribution in [-0.2, 0) is 22.3 Å². The van der Waals surface area contributed by atoms with E-state index in [-0.39, 0.29) is 36.5 Å². The van der Waals surface area contributed by atoms with Crippen LogP contribution >= 0.6 is 0 Å². The number of carbonyl (C=O) groups excluding carboxylic acids is 2. The van der Waals surface area contributed by atoms with Gasteiger partial charge in [0.15, 0.2) is 0 Å². The van der Waals surface area contributed by atoms with Crippen LogP contribution < -0.4 is 5.32 Å². The number of carboxylic acid groups (broad SMARTS) is 1. The molecule has 10 heteroatoms. The Bertz CT molecular complexity index is 1260. The molecule has 2 aromatic carbocycles. The van der Waals surface area contributed by atoms with E-state index in [2.05, 4.69) is 26.1 Å². The number of halogens is 4. The molecule has 1 aliphatic carbocycles. The van der Waals surface area contributed by atoms with Gasteiger partial charge in [0.25, 0.3) is 5.91 Å². The summed E-state index contributed by atoms with van der Waals surface area (Å²) in [4.78, 5) is 38.1. The van der Waals surface area contributed by atoms with Gasteiger partial charge in [0.1, 0.15) is 5.82 Å². The summed E-state index contributed by atoms with van der Waals surface area (Å²) in [6.45, 7) is 6.79. The van der Waals surface area contributed by atoms with Crippen molar-refractivity contribution in [1.82, 2.24) is 10.2 Å². The van der Waals surface area contributed by atoms with Crippen molar-refractivity contribution in [2.45, 2.75) is 71.6 Å². The maximum atomic E-state index is 13.9. The second-order valence-corrected chi connectivity index (χ2v) is 11.5. The maximum Gasteiger partial charge on any atom is 0.416 e. The van der Waals surface area contributed by atoms with Crippen molar-refractivity contribution in [3.8, 4) is 0 Å². The highest BCUT2D eigenvalue weighted by Crippen LogP contribution is 2.39. The first kappa shape index (κ1) is 31.8. The van der Waals surface area contributed by atoms with E-state index in [4.69, 9.17) is 5.11 Å². The number of nitrogens with one attached hydrogen (secondary N) is 1. The van der Waals surface area contributed by atoms with E-state index in [0.29, 0.717) is 17.5 Å². The number of carboxylic acids is 1. The zero-order chi connectivity index (χ0) is 30.4. The van der Waals surface area contributed by atoms with Crippen LogP contribution in [0.2, 0.25) is 0 Å². The third kappa shape index (κ3) is 9.43. The molecule has 0 aliphatic heterocycles. The second kappa shape index (κ2) is 13.3. The normalized spacial score (nSPS) is 17.8. The minimum Gasteiger partial charge on any atom is -0.481 e. The van der Waals surface area contributed by atoms with E-state index in [0.717, 1.165) is 43.4 Å². The van der Waals surface area contributed by atoms with Gasteiger partial charge < -0.3 is 15.3 Å². The fraction of sp³-hybridized carbons (Fsp3) is 0.452. The van der Waals surface area contributed by atoms with Gasteiger partial charge in [-0.3, -0.25) is 14.4 Å². The van der Waals surface area contributed by atoms with Gasteiger partial charge >= 0.3 is 12.1 Å². The van der Waals surface area contributed by atoms with Gasteiger partial charge in [-0.15, -0.1) is 0 Å². The minimum absolute atomic E-state index is 0.00243. The number of nitrogens with zero attached hydrogens (tertiary/aromatic N) is 1. The lowest BCUT2D eigenvalue weighted by Gasteiger charge is -2.41. The molecule has 222 valence electrons. The summed E-state index contributed by atoms with van der Waals surface area (Å²) < 4.78 is 53.3. The van der Waals surface area contributed by atoms with E-state index in [1.165, 1.54) is 12.2 Å². The van der Waals surface area contributed by atoms with Crippen molar-refractivity contribution in [2.75, 3.05) is 6.54 Å². The lowest BCUT2D eigenvalue weighted by atomic mass is 9.71. The Morgan fingerprint density at radius 1 is 1.00 bits per heavy atom. The van der Waals surface area contributed by atoms with Gasteiger partial charge in [0, 0.05) is 30.8 Å². The number of alkyl halides is 3. The molecule has 1 aliphatic rings. The monoisotopic (exact) mass is 576 g/mol. The third-order valence-electron chi connectivity index (χ3n) is 7.50. The van der Waals surface area contributed by atoms with Gasteiger partial charge in [-0.25, -0.2) is 4.39 Å². The molecule has 2 amide bonds. The number of amides is 2. The van der Waals surface area contributed by atoms with E-state index in [1.54, 1.807) is 29.2 Å². The van der Waals surface area contributed by atoms with Gasteiger partial charge in [0.05, 0.1) is 12.0 Å². The molecule has 0 radical (unpaired) electrons. The van der Waals surface area contributed by atoms with Crippen molar-refractivity contribution in [3.63, 3.8) is 0 Å². The summed E-state index contributed by atoms with van der Waals surface area (Å²) in [7, 11) is 0. The Morgan fingerprint density at radius 3 is 2.20 bits per heavy atom. The Kier molecular flexibility index (Phi) is 10.3. The number of benzene rings is 2. The maximum absolute atomic E-state index is 13.9. The van der Waals surface area contributed by atoms with Gasteiger partial charge in [0.2, 0.25) is 5.91 Å². The van der Waals surface area contributed by atoms with Crippen molar-refractivity contribution >= 4 is 23.9 Å². The molecular formula is C31H36F4N2O4. The summed E-state index contributed by atoms with van der Waals surface area (Å²) in [6.07, 6.45) is 0.845. The Morgan fingerprint density at radius 2 is 1.63 bits per heavy atom. The van der Waals surface area contributed by atoms with Gasteiger partial charge in [-0.2, -0.15) is 13.2 Å². The average molecular weight is 577 g/mol. The van der Waals surface area contributed by atoms with Crippen LogP contribution in [0.5, 0.6) is 0 Å². The molecule has 0 aromatic heterocycles. The first-order valence-corrected chi connectivity index (χ1v) is 13.6. The van der Waals surface area contributed by atoms with Crippen LogP contribution in [0.3, 0.4) is 0 Å². The first-order chi connectivity index (χ1) is 19.1. The van der Waals surface area contributed by atoms with Crippen molar-refractivity contribution in [1.29, 1.82) is 0 Å². The molecule has 1 fully saturated rings. The molecule has 0 bridgehead atoms. The number of hydrogen-bond acceptors (Lipinski definition) is 3. The predicted octanol–water partition coefficient (Wildman–Crippen LogP) is 6.70. The first-order valence-electron chi connectivity index (χ1n) is 13.6. The smallest absolute Gasteiger partial charge is 0.416 e. The predicted molar refractivity (Wildman–Crippen MR) is 147 cm³/mol. The highest BCUT2D eigenvalue weighted by molar-refractivity contribution is 5.94. The van der Waals surface area contributed by atoms with Crippen LogP contribution in [0.1, 0.15) is 79.9 Å². The second-order valence-electron chi connectivity index (χ2n) is 11.5. The lowest BCUT2D eigenvalue weighted by Crippen LogP contribution is -2.42. The van der Waals surface area contributed by atoms with Crippen LogP contribution in [0.25, 0.3) is 6.08 Å². The molecular weight excluding hydrogens is 540 g/mol. The van der Waals surface area contributed by atoms with Crippen LogP contribution in [0, 0.1) is 17.2 Å². The minimum atomic E-state index is -4.72. The zero-order valence-electron chi connectivity index (χ0n) is 23.4. The van der Waals surface area contributed by atoms with Crippen molar-refractivity contribution in [2.24, 2.45) is 11.3 Å². The van der Waals surface area contributed by atoms with Crippen molar-refractivity contribution < 1.29 is 37.1 Å². The van der Waals surface area contributed by atoms with E-state index >= 15 is 0 Å². The molecule has 6 nitrogen and oxygen atoms in total. The molecule has 3 rings (SSSR count). The zero-order valence-corrected chi connectivity index (χ0v) is 23.4. The summed E-state index contributed by atoms with van der Waals surface area (Å²) in [5.74, 6) is -2.39. The summed E-state index contributed by atoms with van der Waals surface area (Å²) in [6, 6.07) is 8.65. The number of hydrogen-bond donors (Lipinski definition) is 2. The van der Waals surface area contributed by atoms with Crippen LogP contribution in [0.15, 0.2) is 48.5 Å². The van der Waals surface area contributed by atoms with Crippen molar-refractivity contribution in [3.05, 3.63) is 76.6 Å². The SMILES string of the molecule is CC(C)(C)C1CCC(N(Cc2ccc(C(=O)NCCC(=O)O)cc2)C(=O)/C=C/c2cc(F)cc(C(F)(F)F)c2)CC1. The molecule has 0 spiro atoms. The molecule has 0 heterocycles. The molecule has 2 N–H and O–H groups in total. The van der Waals surface area contributed by atoms with Crippen LogP contribution in [0.4, 0.5) is 17.6 Å². The number of aliphatic carboxylic acids is 1. The number of carbonyl (C=O) groups is 3. The molecule has 0 unspecified atom stereocenters. The fourth-order valence-electron chi connectivity index (χ4n) is 5.12. The van der Waals surface area contributed by atoms with E-state index in [1.807, 2.05) is 0 Å². The van der Waals surface area contributed by atoms with E-state index in [9.17, 15) is 31.9 Å². The molecule has 41 heavy (non-hydrogen) atoms. The largest absolute Gasteiger partial charge is 0.481 e. The fourth-order valence-corrected chi connectivity index (χ4v) is 5.12. The summed E-state index contributed by atoms with van der Waals surface area (Å²) in [5.41, 5.74) is 0.0224. The summed E-state index contributed by atoms with van der Waals surface area (Å²) in [5, 5.41) is 11.3. The quantitative estimate of drug-likeness (QED) is 0.257. The van der Waals surface area contributed by atoms with Gasteiger partial charge in [-0.05, 0) is 84.6 Å². The molecule has 0 atom stereocenters. The highest BCUT2D eigenvalue weighted by Gasteiger charge is 2.34. The Hall–Kier alpha value is -3.69. The molecule has 1 saturated carbocycles. The standard InChI is InChI=1S/C31H36F4N2O4/c1-30(2,3)23-9-11-26(12-10-23)37(19-20-4-7-22(8-5-20)29(41)36-15-14-28(39)40)27(38)13-6-21-16-24(31(33,34)35)18-25(32)17-21/h4-8,13,16-18,23,26H,9-12,14-15,19H2,1-3H3,(H,36,41)(H,39,40)/b13-6+. The Balaban J connectivity index is 1.79. The Labute approximate surface area is 237 Å². The topological polar surface area (TPSA) is 86.7 Å². The molecule has 0 saturated heterocycles. The number of rotatable bonds is 9. The lowest BCUT2D eigenvalue weighted by molar-refractivity contribution is -0.138. The average Bonchev–Trinajstić information content (AvgIpc) is 2.89. The van der Waals surface area contributed by atoms with Gasteiger partial charge in [-0.1, -0.05) is 32.9 Å². The highest BCUT2D eigenvalue weighted by atomic mass is 19.4. The third-order valence-corrected chi connectivity index (χ3v) is 7.50. The summed E-state index contributed by atoms with van der Waals surface area (Å²) >= 11 is 0. The molecule has 2 aromatic rings. The van der Waals surface area contributed by atoms with Crippen LogP contribution in [-0.4, -0.2) is 40.4 Å². The van der Waals surface area contributed by atoms with E-state index < -0.39 is 35.3 Å².